The average molecular weight is 260 g/mol. The van der Waals surface area contributed by atoms with E-state index in [2.05, 4.69) is 11.8 Å². The molecule has 1 aromatic carbocycles. The number of carbonyl (C=O) groups excluding carboxylic acids is 2. The minimum atomic E-state index is 0.0465. The fourth-order valence-electron chi connectivity index (χ4n) is 1.38. The zero-order valence-electron chi connectivity index (χ0n) is 10.9. The Morgan fingerprint density at radius 2 is 2.00 bits per heavy atom. The van der Waals surface area contributed by atoms with E-state index in [4.69, 9.17) is 0 Å². The number of hydrogen-bond donors (Lipinski definition) is 0. The van der Waals surface area contributed by atoms with Gasteiger partial charge in [-0.15, -0.1) is 0 Å². The van der Waals surface area contributed by atoms with Crippen molar-refractivity contribution in [3.8, 4) is 11.8 Å². The van der Waals surface area contributed by atoms with Crippen LogP contribution in [0.25, 0.3) is 0 Å². The van der Waals surface area contributed by atoms with E-state index in [-0.39, 0.29) is 10.9 Å². The molecule has 3 heteroatoms. The van der Waals surface area contributed by atoms with E-state index in [0.29, 0.717) is 17.7 Å². The molecular weight excluding hydrogens is 244 g/mol. The van der Waals surface area contributed by atoms with Crippen molar-refractivity contribution in [1.82, 2.24) is 0 Å². The fraction of sp³-hybridized carbons (Fsp3) is 0.333. The molecule has 0 heterocycles. The Hall–Kier alpha value is -1.53. The summed E-state index contributed by atoms with van der Waals surface area (Å²) < 4.78 is 0. The molecule has 0 aliphatic rings. The molecule has 0 saturated heterocycles. The molecule has 0 radical (unpaired) electrons. The monoisotopic (exact) mass is 260 g/mol. The summed E-state index contributed by atoms with van der Waals surface area (Å²) in [6, 6.07) is 5.54. The molecule has 0 bridgehead atoms. The quantitative estimate of drug-likeness (QED) is 0.475. The van der Waals surface area contributed by atoms with Gasteiger partial charge in [-0.2, -0.15) is 0 Å². The Labute approximate surface area is 112 Å². The summed E-state index contributed by atoms with van der Waals surface area (Å²) >= 11 is 1.28. The molecule has 1 aromatic rings. The maximum atomic E-state index is 11.3. The van der Waals surface area contributed by atoms with Gasteiger partial charge in [0.25, 0.3) is 0 Å². The largest absolute Gasteiger partial charge is 0.295 e. The van der Waals surface area contributed by atoms with Gasteiger partial charge in [-0.25, -0.2) is 0 Å². The maximum absolute atomic E-state index is 11.3. The van der Waals surface area contributed by atoms with Crippen LogP contribution in [0.3, 0.4) is 0 Å². The number of thioether (sulfide) groups is 1. The Morgan fingerprint density at radius 3 is 2.61 bits per heavy atom. The average Bonchev–Trinajstić information content (AvgIpc) is 2.30. The standard InChI is InChI=1S/C15H16O2S/c1-11-7-8-15(12(2)16)10-14(11)6-4-5-9-18-13(3)17/h7-8,10H,5,9H2,1-3H3. The number of benzene rings is 1. The lowest BCUT2D eigenvalue weighted by molar-refractivity contribution is -0.109. The maximum Gasteiger partial charge on any atom is 0.185 e. The molecule has 1 rings (SSSR count). The van der Waals surface area contributed by atoms with Crippen molar-refractivity contribution in [3.05, 3.63) is 34.9 Å². The molecular formula is C15H16O2S. The van der Waals surface area contributed by atoms with E-state index < -0.39 is 0 Å². The van der Waals surface area contributed by atoms with Crippen LogP contribution in [-0.4, -0.2) is 16.7 Å². The smallest absolute Gasteiger partial charge is 0.185 e. The van der Waals surface area contributed by atoms with Crippen molar-refractivity contribution in [1.29, 1.82) is 0 Å². The van der Waals surface area contributed by atoms with E-state index >= 15 is 0 Å². The van der Waals surface area contributed by atoms with Gasteiger partial charge >= 0.3 is 0 Å². The molecule has 0 atom stereocenters. The van der Waals surface area contributed by atoms with E-state index in [1.165, 1.54) is 11.8 Å². The molecule has 2 nitrogen and oxygen atoms in total. The lowest BCUT2D eigenvalue weighted by Gasteiger charge is -2.00. The predicted octanol–water partition coefficient (Wildman–Crippen LogP) is 3.22. The lowest BCUT2D eigenvalue weighted by Crippen LogP contribution is -1.94. The molecule has 0 unspecified atom stereocenters. The Balaban J connectivity index is 2.71. The van der Waals surface area contributed by atoms with Gasteiger partial charge in [0.15, 0.2) is 10.9 Å². The first-order valence-electron chi connectivity index (χ1n) is 5.74. The van der Waals surface area contributed by atoms with Crippen LogP contribution >= 0.6 is 11.8 Å². The van der Waals surface area contributed by atoms with Gasteiger partial charge in [0, 0.05) is 30.2 Å². The van der Waals surface area contributed by atoms with Gasteiger partial charge in [-0.3, -0.25) is 9.59 Å². The van der Waals surface area contributed by atoms with Crippen molar-refractivity contribution in [2.24, 2.45) is 0 Å². The van der Waals surface area contributed by atoms with Gasteiger partial charge in [0.1, 0.15) is 0 Å². The summed E-state index contributed by atoms with van der Waals surface area (Å²) in [5, 5.41) is 0.117. The fourth-order valence-corrected chi connectivity index (χ4v) is 1.87. The third-order valence-corrected chi connectivity index (χ3v) is 3.21. The Kier molecular flexibility index (Phi) is 5.67. The summed E-state index contributed by atoms with van der Waals surface area (Å²) in [6.07, 6.45) is 0.675. The number of hydrogen-bond acceptors (Lipinski definition) is 3. The van der Waals surface area contributed by atoms with Crippen molar-refractivity contribution < 1.29 is 9.59 Å². The first-order valence-corrected chi connectivity index (χ1v) is 6.73. The number of Topliss-reactive ketones (excluding diaryl/α,β-unsaturated/α-hetero) is 1. The second-order valence-electron chi connectivity index (χ2n) is 3.98. The summed E-state index contributed by atoms with van der Waals surface area (Å²) in [5.74, 6) is 6.85. The summed E-state index contributed by atoms with van der Waals surface area (Å²) in [7, 11) is 0. The minimum Gasteiger partial charge on any atom is -0.295 e. The van der Waals surface area contributed by atoms with Crippen LogP contribution < -0.4 is 0 Å². The SMILES string of the molecule is CC(=O)SCCC#Cc1cc(C(C)=O)ccc1C. The van der Waals surface area contributed by atoms with E-state index in [1.807, 2.05) is 25.1 Å². The molecule has 0 fully saturated rings. The van der Waals surface area contributed by atoms with Crippen LogP contribution in [0.5, 0.6) is 0 Å². The molecule has 0 N–H and O–H groups in total. The summed E-state index contributed by atoms with van der Waals surface area (Å²) in [5.41, 5.74) is 2.63. The molecule has 94 valence electrons. The van der Waals surface area contributed by atoms with Crippen LogP contribution in [0.15, 0.2) is 18.2 Å². The van der Waals surface area contributed by atoms with Crippen LogP contribution in [0.2, 0.25) is 0 Å². The van der Waals surface area contributed by atoms with Gasteiger partial charge in [-0.1, -0.05) is 35.7 Å². The molecule has 0 aliphatic heterocycles. The van der Waals surface area contributed by atoms with Gasteiger partial charge in [0.2, 0.25) is 0 Å². The van der Waals surface area contributed by atoms with Crippen molar-refractivity contribution in [2.45, 2.75) is 27.2 Å². The molecule has 0 amide bonds. The second-order valence-corrected chi connectivity index (χ2v) is 5.25. The van der Waals surface area contributed by atoms with Gasteiger partial charge in [-0.05, 0) is 25.5 Å². The van der Waals surface area contributed by atoms with Gasteiger partial charge in [0.05, 0.1) is 0 Å². The van der Waals surface area contributed by atoms with E-state index in [1.54, 1.807) is 13.8 Å². The number of carbonyl (C=O) groups is 2. The third-order valence-electron chi connectivity index (χ3n) is 2.40. The molecule has 0 saturated carbocycles. The molecule has 18 heavy (non-hydrogen) atoms. The normalized spacial score (nSPS) is 9.50. The van der Waals surface area contributed by atoms with Crippen molar-refractivity contribution >= 4 is 22.7 Å². The van der Waals surface area contributed by atoms with Crippen LogP contribution in [-0.2, 0) is 4.79 Å². The number of aryl methyl sites for hydroxylation is 1. The highest BCUT2D eigenvalue weighted by molar-refractivity contribution is 8.13. The predicted molar refractivity (Wildman–Crippen MR) is 75.8 cm³/mol. The second kappa shape index (κ2) is 7.03. The van der Waals surface area contributed by atoms with Crippen LogP contribution in [0.1, 0.15) is 41.8 Å². The van der Waals surface area contributed by atoms with Gasteiger partial charge < -0.3 is 0 Å². The Bertz CT molecular complexity index is 521. The zero-order chi connectivity index (χ0) is 13.5. The van der Waals surface area contributed by atoms with Crippen molar-refractivity contribution in [2.75, 3.05) is 5.75 Å². The van der Waals surface area contributed by atoms with Crippen molar-refractivity contribution in [3.63, 3.8) is 0 Å². The first kappa shape index (κ1) is 14.5. The minimum absolute atomic E-state index is 0.0465. The molecule has 0 aliphatic carbocycles. The number of rotatable bonds is 3. The summed E-state index contributed by atoms with van der Waals surface area (Å²) in [4.78, 5) is 22.0. The summed E-state index contributed by atoms with van der Waals surface area (Å²) in [6.45, 7) is 5.07. The third kappa shape index (κ3) is 4.77. The highest BCUT2D eigenvalue weighted by Gasteiger charge is 2.01. The highest BCUT2D eigenvalue weighted by atomic mass is 32.2. The van der Waals surface area contributed by atoms with E-state index in [0.717, 1.165) is 11.1 Å². The Morgan fingerprint density at radius 1 is 1.28 bits per heavy atom. The lowest BCUT2D eigenvalue weighted by atomic mass is 10.0. The van der Waals surface area contributed by atoms with Crippen LogP contribution in [0, 0.1) is 18.8 Å². The van der Waals surface area contributed by atoms with Crippen LogP contribution in [0.4, 0.5) is 0 Å². The van der Waals surface area contributed by atoms with E-state index in [9.17, 15) is 9.59 Å². The first-order chi connectivity index (χ1) is 8.50. The number of ketones is 1. The highest BCUT2D eigenvalue weighted by Crippen LogP contribution is 2.11. The zero-order valence-corrected chi connectivity index (χ0v) is 11.7. The topological polar surface area (TPSA) is 34.1 Å². The molecule has 0 spiro atoms. The molecule has 0 aromatic heterocycles.